The first-order chi connectivity index (χ1) is 19.6. The molecule has 0 radical (unpaired) electrons. The van der Waals surface area contributed by atoms with Crippen LogP contribution in [-0.2, 0) is 0 Å². The summed E-state index contributed by atoms with van der Waals surface area (Å²) >= 11 is 0. The van der Waals surface area contributed by atoms with Gasteiger partial charge in [-0.3, -0.25) is 5.10 Å². The van der Waals surface area contributed by atoms with Gasteiger partial charge in [0.2, 0.25) is 5.88 Å². The Bertz CT molecular complexity index is 1810. The molecule has 0 spiro atoms. The van der Waals surface area contributed by atoms with Crippen molar-refractivity contribution in [1.82, 2.24) is 30.1 Å². The number of halogens is 4. The summed E-state index contributed by atoms with van der Waals surface area (Å²) in [4.78, 5) is 19.1. The number of hydrogen-bond donors (Lipinski definition) is 2. The molecule has 1 unspecified atom stereocenters. The normalized spacial score (nSPS) is 14.2. The van der Waals surface area contributed by atoms with Crippen molar-refractivity contribution in [2.75, 3.05) is 30.9 Å². The lowest BCUT2D eigenvalue weighted by molar-refractivity contribution is -0.274. The van der Waals surface area contributed by atoms with Crippen LogP contribution in [0, 0.1) is 12.7 Å². The van der Waals surface area contributed by atoms with Crippen LogP contribution in [0.2, 0.25) is 0 Å². The van der Waals surface area contributed by atoms with Crippen LogP contribution < -0.4 is 24.8 Å². The van der Waals surface area contributed by atoms with Gasteiger partial charge in [-0.05, 0) is 31.5 Å². The van der Waals surface area contributed by atoms with Crippen molar-refractivity contribution in [1.29, 1.82) is 0 Å². The summed E-state index contributed by atoms with van der Waals surface area (Å²) in [7, 11) is 1.32. The molecule has 5 heterocycles. The summed E-state index contributed by atoms with van der Waals surface area (Å²) in [6.45, 7) is 3.64. The second-order valence-corrected chi connectivity index (χ2v) is 9.31. The Kier molecular flexibility index (Phi) is 6.16. The van der Waals surface area contributed by atoms with E-state index in [1.54, 1.807) is 12.3 Å². The van der Waals surface area contributed by atoms with Crippen molar-refractivity contribution < 1.29 is 31.8 Å². The van der Waals surface area contributed by atoms with Crippen LogP contribution >= 0.6 is 0 Å². The van der Waals surface area contributed by atoms with E-state index in [9.17, 15) is 13.2 Å². The van der Waals surface area contributed by atoms with Gasteiger partial charge in [0.1, 0.15) is 40.6 Å². The SMILES string of the molecule is COc1nc2c3c(nc(-c4c(OC(F)(F)F)c(C)cc5[nH]ncc45)c(F)c3n1)OCCN2C(C)c1cccnc1N. The van der Waals surface area contributed by atoms with Crippen molar-refractivity contribution in [2.45, 2.75) is 26.3 Å². The van der Waals surface area contributed by atoms with E-state index in [0.29, 0.717) is 16.9 Å². The zero-order chi connectivity index (χ0) is 29.1. The molecule has 1 aliphatic rings. The topological polar surface area (TPSA) is 137 Å². The molecule has 1 atom stereocenters. The van der Waals surface area contributed by atoms with Crippen molar-refractivity contribution in [3.63, 3.8) is 0 Å². The Hall–Kier alpha value is -4.95. The van der Waals surface area contributed by atoms with E-state index in [1.165, 1.54) is 26.3 Å². The second-order valence-electron chi connectivity index (χ2n) is 9.31. The summed E-state index contributed by atoms with van der Waals surface area (Å²) < 4.78 is 72.7. The molecule has 3 N–H and O–H groups in total. The molecule has 0 fully saturated rings. The van der Waals surface area contributed by atoms with Crippen LogP contribution in [0.4, 0.5) is 29.2 Å². The summed E-state index contributed by atoms with van der Waals surface area (Å²) in [6.07, 6.45) is -2.22. The average molecular weight is 571 g/mol. The van der Waals surface area contributed by atoms with Crippen LogP contribution in [-0.4, -0.2) is 56.8 Å². The molecule has 11 nitrogen and oxygen atoms in total. The molecule has 41 heavy (non-hydrogen) atoms. The van der Waals surface area contributed by atoms with Gasteiger partial charge in [0.25, 0.3) is 0 Å². The fourth-order valence-electron chi connectivity index (χ4n) is 5.04. The highest BCUT2D eigenvalue weighted by Gasteiger charge is 2.36. The fraction of sp³-hybridized carbons (Fsp3) is 0.269. The highest BCUT2D eigenvalue weighted by atomic mass is 19.4. The molecule has 0 aliphatic carbocycles. The highest BCUT2D eigenvalue weighted by molar-refractivity contribution is 6.02. The monoisotopic (exact) mass is 570 g/mol. The Labute approximate surface area is 229 Å². The maximum absolute atomic E-state index is 16.5. The van der Waals surface area contributed by atoms with E-state index in [1.807, 2.05) is 17.9 Å². The van der Waals surface area contributed by atoms with Gasteiger partial charge in [0, 0.05) is 17.1 Å². The predicted molar refractivity (Wildman–Crippen MR) is 140 cm³/mol. The predicted octanol–water partition coefficient (Wildman–Crippen LogP) is 4.86. The largest absolute Gasteiger partial charge is 0.573 e. The lowest BCUT2D eigenvalue weighted by Crippen LogP contribution is -2.31. The fourth-order valence-corrected chi connectivity index (χ4v) is 5.04. The van der Waals surface area contributed by atoms with Gasteiger partial charge >= 0.3 is 12.4 Å². The molecule has 212 valence electrons. The van der Waals surface area contributed by atoms with Crippen LogP contribution in [0.5, 0.6) is 17.6 Å². The van der Waals surface area contributed by atoms with Gasteiger partial charge in [-0.2, -0.15) is 15.1 Å². The van der Waals surface area contributed by atoms with E-state index in [-0.39, 0.29) is 58.3 Å². The number of H-pyrrole nitrogens is 1. The first-order valence-corrected chi connectivity index (χ1v) is 12.3. The Balaban J connectivity index is 1.64. The number of anilines is 2. The van der Waals surface area contributed by atoms with Crippen LogP contribution in [0.3, 0.4) is 0 Å². The first kappa shape index (κ1) is 26.3. The van der Waals surface area contributed by atoms with Gasteiger partial charge < -0.3 is 24.8 Å². The minimum absolute atomic E-state index is 0.0704. The molecule has 0 amide bonds. The quantitative estimate of drug-likeness (QED) is 0.282. The van der Waals surface area contributed by atoms with Gasteiger partial charge in [-0.25, -0.2) is 14.4 Å². The van der Waals surface area contributed by atoms with Crippen molar-refractivity contribution in [3.8, 4) is 28.9 Å². The standard InChI is InChI=1S/C26H22F4N8O3/c1-11-9-15-14(10-33-37-15)16(21(11)41-26(28,29)30)19-18(27)20-17-23(36-25(35-20)39-3)38(7-8-40-24(17)34-19)12(2)13-5-4-6-32-22(13)31/h4-6,9-10,12H,7-8H2,1-3H3,(H2,31,32)(H,33,37). The van der Waals surface area contributed by atoms with Gasteiger partial charge in [-0.15, -0.1) is 13.2 Å². The molecule has 5 aromatic rings. The molecule has 0 saturated carbocycles. The average Bonchev–Trinajstić information content (AvgIpc) is 3.31. The van der Waals surface area contributed by atoms with Gasteiger partial charge in [0.15, 0.2) is 5.82 Å². The Morgan fingerprint density at radius 2 is 2.02 bits per heavy atom. The number of nitrogen functional groups attached to an aromatic ring is 1. The number of aromatic nitrogens is 6. The maximum atomic E-state index is 16.5. The van der Waals surface area contributed by atoms with Crippen molar-refractivity contribution >= 4 is 33.4 Å². The summed E-state index contributed by atoms with van der Waals surface area (Å²) in [5.74, 6) is -1.16. The molecule has 1 aliphatic heterocycles. The van der Waals surface area contributed by atoms with E-state index < -0.39 is 29.7 Å². The maximum Gasteiger partial charge on any atom is 0.573 e. The molecular formula is C26H22F4N8O3. The molecule has 0 saturated heterocycles. The van der Waals surface area contributed by atoms with Crippen LogP contribution in [0.25, 0.3) is 33.1 Å². The number of nitrogens with two attached hydrogens (primary N) is 1. The van der Waals surface area contributed by atoms with E-state index >= 15 is 4.39 Å². The van der Waals surface area contributed by atoms with E-state index in [4.69, 9.17) is 15.2 Å². The third-order valence-electron chi connectivity index (χ3n) is 6.87. The number of nitrogens with one attached hydrogen (secondary N) is 1. The van der Waals surface area contributed by atoms with Crippen LogP contribution in [0.1, 0.15) is 24.1 Å². The zero-order valence-electron chi connectivity index (χ0n) is 21.9. The number of aryl methyl sites for hydroxylation is 1. The molecule has 0 bridgehead atoms. The lowest BCUT2D eigenvalue weighted by Gasteiger charge is -2.30. The second kappa shape index (κ2) is 9.60. The zero-order valence-corrected chi connectivity index (χ0v) is 21.9. The Morgan fingerprint density at radius 1 is 1.22 bits per heavy atom. The third kappa shape index (κ3) is 4.42. The summed E-state index contributed by atoms with van der Waals surface area (Å²) in [5.41, 5.74) is 6.28. The molecular weight excluding hydrogens is 548 g/mol. The minimum Gasteiger partial charge on any atom is -0.475 e. The molecule has 4 aromatic heterocycles. The summed E-state index contributed by atoms with van der Waals surface area (Å²) in [6, 6.07) is 4.42. The Morgan fingerprint density at radius 3 is 2.76 bits per heavy atom. The number of fused-ring (bicyclic) bond motifs is 1. The van der Waals surface area contributed by atoms with E-state index in [2.05, 4.69) is 34.9 Å². The highest BCUT2D eigenvalue weighted by Crippen LogP contribution is 2.46. The number of benzene rings is 1. The summed E-state index contributed by atoms with van der Waals surface area (Å²) in [5, 5.41) is 6.90. The number of alkyl halides is 3. The van der Waals surface area contributed by atoms with Gasteiger partial charge in [-0.1, -0.05) is 6.07 Å². The van der Waals surface area contributed by atoms with Crippen molar-refractivity contribution in [3.05, 3.63) is 47.5 Å². The third-order valence-corrected chi connectivity index (χ3v) is 6.87. The molecule has 1 aromatic carbocycles. The van der Waals surface area contributed by atoms with Crippen molar-refractivity contribution in [2.24, 2.45) is 0 Å². The number of aromatic amines is 1. The number of hydrogen-bond acceptors (Lipinski definition) is 10. The number of nitrogens with zero attached hydrogens (tertiary/aromatic N) is 6. The number of rotatable bonds is 5. The van der Waals surface area contributed by atoms with E-state index in [0.717, 1.165) is 0 Å². The number of pyridine rings is 2. The smallest absolute Gasteiger partial charge is 0.475 e. The lowest BCUT2D eigenvalue weighted by atomic mass is 10.00. The molecule has 15 heteroatoms. The number of methoxy groups -OCH3 is 1. The minimum atomic E-state index is -5.06. The number of ether oxygens (including phenoxy) is 3. The first-order valence-electron chi connectivity index (χ1n) is 12.3. The van der Waals surface area contributed by atoms with Gasteiger partial charge in [0.05, 0.1) is 37.0 Å². The van der Waals surface area contributed by atoms with Crippen LogP contribution in [0.15, 0.2) is 30.6 Å². The molecule has 6 rings (SSSR count).